The van der Waals surface area contributed by atoms with Gasteiger partial charge in [0.2, 0.25) is 0 Å². The van der Waals surface area contributed by atoms with Crippen molar-refractivity contribution in [3.63, 3.8) is 0 Å². The molecule has 2 N–H and O–H groups in total. The average molecular weight is 271 g/mol. The van der Waals surface area contributed by atoms with Gasteiger partial charge in [0, 0.05) is 11.3 Å². The maximum absolute atomic E-state index is 11.8. The smallest absolute Gasteiger partial charge is 0.325 e. The highest BCUT2D eigenvalue weighted by Gasteiger charge is 2.17. The monoisotopic (exact) mass is 270 g/mol. The molecule has 1 unspecified atom stereocenters. The lowest BCUT2D eigenvalue weighted by atomic mass is 10.1. The Bertz CT molecular complexity index is 474. The Balaban J connectivity index is 2.95. The number of carbonyl (C=O) groups excluding carboxylic acids is 1. The van der Waals surface area contributed by atoms with E-state index in [1.165, 1.54) is 13.0 Å². The van der Waals surface area contributed by atoms with Crippen molar-refractivity contribution >= 4 is 23.5 Å². The zero-order valence-corrected chi connectivity index (χ0v) is 11.2. The third-order valence-electron chi connectivity index (χ3n) is 2.39. The Morgan fingerprint density at radius 3 is 2.44 bits per heavy atom. The minimum Gasteiger partial charge on any atom is -0.480 e. The first-order valence-electron chi connectivity index (χ1n) is 5.52. The maximum Gasteiger partial charge on any atom is 0.325 e. The number of carbonyl (C=O) groups is 2. The molecular weight excluding hydrogens is 256 g/mol. The first-order chi connectivity index (χ1) is 8.31. The first-order valence-corrected chi connectivity index (χ1v) is 5.90. The van der Waals surface area contributed by atoms with E-state index in [1.807, 2.05) is 13.8 Å². The van der Waals surface area contributed by atoms with Gasteiger partial charge in [0.15, 0.2) is 0 Å². The van der Waals surface area contributed by atoms with E-state index in [-0.39, 0.29) is 11.1 Å². The summed E-state index contributed by atoms with van der Waals surface area (Å²) in [6.07, 6.45) is 0. The van der Waals surface area contributed by atoms with Crippen molar-refractivity contribution in [2.24, 2.45) is 0 Å². The summed E-state index contributed by atoms with van der Waals surface area (Å²) >= 11 is 5.83. The number of aliphatic carboxylic acids is 1. The van der Waals surface area contributed by atoms with Crippen molar-refractivity contribution in [1.82, 2.24) is 10.3 Å². The molecule has 0 saturated heterocycles. The minimum absolute atomic E-state index is 0.132. The highest BCUT2D eigenvalue weighted by atomic mass is 35.5. The van der Waals surface area contributed by atoms with Gasteiger partial charge in [-0.25, -0.2) is 4.98 Å². The van der Waals surface area contributed by atoms with Gasteiger partial charge in [-0.05, 0) is 25.0 Å². The molecule has 0 radical (unpaired) electrons. The van der Waals surface area contributed by atoms with Gasteiger partial charge in [-0.15, -0.1) is 0 Å². The summed E-state index contributed by atoms with van der Waals surface area (Å²) < 4.78 is 0. The first kappa shape index (κ1) is 14.4. The van der Waals surface area contributed by atoms with Gasteiger partial charge in [0.1, 0.15) is 11.2 Å². The molecule has 1 aromatic heterocycles. The van der Waals surface area contributed by atoms with Crippen LogP contribution in [0.1, 0.15) is 42.7 Å². The highest BCUT2D eigenvalue weighted by Crippen LogP contribution is 2.17. The third-order valence-corrected chi connectivity index (χ3v) is 2.58. The summed E-state index contributed by atoms with van der Waals surface area (Å²) in [6, 6.07) is 2.07. The fraction of sp³-hybridized carbons (Fsp3) is 0.417. The van der Waals surface area contributed by atoms with E-state index in [0.29, 0.717) is 11.3 Å². The van der Waals surface area contributed by atoms with Crippen LogP contribution in [0.5, 0.6) is 0 Å². The zero-order chi connectivity index (χ0) is 13.9. The van der Waals surface area contributed by atoms with Crippen LogP contribution >= 0.6 is 11.6 Å². The number of nitrogens with zero attached hydrogens (tertiary/aromatic N) is 1. The lowest BCUT2D eigenvalue weighted by molar-refractivity contribution is -0.138. The van der Waals surface area contributed by atoms with Gasteiger partial charge in [0.25, 0.3) is 5.91 Å². The standard InChI is InChI=1S/C12H15ClN2O3/c1-6(2)9-4-8(5-10(13)15-9)11(16)14-7(3)12(17)18/h4-7H,1-3H3,(H,14,16)(H,17,18). The van der Waals surface area contributed by atoms with Crippen LogP contribution in [0.25, 0.3) is 0 Å². The second kappa shape index (κ2) is 5.82. The molecule has 1 rings (SSSR count). The summed E-state index contributed by atoms with van der Waals surface area (Å²) in [5, 5.41) is 11.3. The predicted molar refractivity (Wildman–Crippen MR) is 67.9 cm³/mol. The van der Waals surface area contributed by atoms with Crippen LogP contribution in [0, 0.1) is 0 Å². The SMILES string of the molecule is CC(NC(=O)c1cc(Cl)nc(C(C)C)c1)C(=O)O. The van der Waals surface area contributed by atoms with Gasteiger partial charge >= 0.3 is 5.97 Å². The van der Waals surface area contributed by atoms with Crippen molar-refractivity contribution < 1.29 is 14.7 Å². The topological polar surface area (TPSA) is 79.3 Å². The molecule has 0 spiro atoms. The van der Waals surface area contributed by atoms with Crippen molar-refractivity contribution in [2.45, 2.75) is 32.7 Å². The summed E-state index contributed by atoms with van der Waals surface area (Å²) in [7, 11) is 0. The van der Waals surface area contributed by atoms with Crippen molar-refractivity contribution in [2.75, 3.05) is 0 Å². The second-order valence-corrected chi connectivity index (χ2v) is 4.68. The third kappa shape index (κ3) is 3.70. The molecule has 0 bridgehead atoms. The van der Waals surface area contributed by atoms with Gasteiger partial charge in [-0.2, -0.15) is 0 Å². The van der Waals surface area contributed by atoms with Crippen molar-refractivity contribution in [1.29, 1.82) is 0 Å². The van der Waals surface area contributed by atoms with E-state index >= 15 is 0 Å². The number of carboxylic acid groups (broad SMARTS) is 1. The van der Waals surface area contributed by atoms with E-state index in [4.69, 9.17) is 16.7 Å². The molecule has 6 heteroatoms. The van der Waals surface area contributed by atoms with Crippen LogP contribution in [0.4, 0.5) is 0 Å². The molecule has 1 aromatic rings. The molecule has 98 valence electrons. The predicted octanol–water partition coefficient (Wildman–Crippen LogP) is 2.06. The summed E-state index contributed by atoms with van der Waals surface area (Å²) in [5.74, 6) is -1.43. The molecule has 0 aromatic carbocycles. The summed E-state index contributed by atoms with van der Waals surface area (Å²) in [4.78, 5) is 26.6. The molecule has 0 aliphatic carbocycles. The van der Waals surface area contributed by atoms with Gasteiger partial charge in [0.05, 0.1) is 0 Å². The molecule has 0 aliphatic heterocycles. The van der Waals surface area contributed by atoms with Crippen LogP contribution in [0.2, 0.25) is 5.15 Å². The summed E-state index contributed by atoms with van der Waals surface area (Å²) in [5.41, 5.74) is 1.00. The maximum atomic E-state index is 11.8. The Morgan fingerprint density at radius 1 is 1.33 bits per heavy atom. The molecular formula is C12H15ClN2O3. The second-order valence-electron chi connectivity index (χ2n) is 4.29. The molecule has 0 saturated carbocycles. The largest absolute Gasteiger partial charge is 0.480 e. The van der Waals surface area contributed by atoms with E-state index in [9.17, 15) is 9.59 Å². The number of carboxylic acids is 1. The highest BCUT2D eigenvalue weighted by molar-refractivity contribution is 6.29. The molecule has 1 heterocycles. The fourth-order valence-corrected chi connectivity index (χ4v) is 1.50. The van der Waals surface area contributed by atoms with E-state index in [0.717, 1.165) is 0 Å². The number of rotatable bonds is 4. The molecule has 18 heavy (non-hydrogen) atoms. The number of amides is 1. The minimum atomic E-state index is -1.09. The normalized spacial score (nSPS) is 12.3. The van der Waals surface area contributed by atoms with E-state index in [2.05, 4.69) is 10.3 Å². The quantitative estimate of drug-likeness (QED) is 0.821. The number of pyridine rings is 1. The summed E-state index contributed by atoms with van der Waals surface area (Å²) in [6.45, 7) is 5.26. The lowest BCUT2D eigenvalue weighted by Crippen LogP contribution is -2.38. The molecule has 1 amide bonds. The zero-order valence-electron chi connectivity index (χ0n) is 10.4. The number of nitrogens with one attached hydrogen (secondary N) is 1. The van der Waals surface area contributed by atoms with Crippen LogP contribution in [-0.4, -0.2) is 28.0 Å². The number of halogens is 1. The lowest BCUT2D eigenvalue weighted by Gasteiger charge is -2.11. The van der Waals surface area contributed by atoms with Gasteiger partial charge in [-0.1, -0.05) is 25.4 Å². The van der Waals surface area contributed by atoms with Gasteiger partial charge < -0.3 is 10.4 Å². The van der Waals surface area contributed by atoms with E-state index < -0.39 is 17.9 Å². The van der Waals surface area contributed by atoms with Crippen molar-refractivity contribution in [3.05, 3.63) is 28.5 Å². The Kier molecular flexibility index (Phi) is 4.67. The van der Waals surface area contributed by atoms with E-state index in [1.54, 1.807) is 6.07 Å². The van der Waals surface area contributed by atoms with Crippen LogP contribution in [0.3, 0.4) is 0 Å². The van der Waals surface area contributed by atoms with Crippen LogP contribution in [-0.2, 0) is 4.79 Å². The van der Waals surface area contributed by atoms with Crippen LogP contribution in [0.15, 0.2) is 12.1 Å². The average Bonchev–Trinajstić information content (AvgIpc) is 2.27. The molecule has 1 atom stereocenters. The molecule has 0 fully saturated rings. The number of hydrogen-bond donors (Lipinski definition) is 2. The molecule has 5 nitrogen and oxygen atoms in total. The van der Waals surface area contributed by atoms with Crippen LogP contribution < -0.4 is 5.32 Å². The Hall–Kier alpha value is -1.62. The number of aromatic nitrogens is 1. The Labute approximate surface area is 110 Å². The number of hydrogen-bond acceptors (Lipinski definition) is 3. The van der Waals surface area contributed by atoms with Gasteiger partial charge in [-0.3, -0.25) is 9.59 Å². The molecule has 0 aliphatic rings. The Morgan fingerprint density at radius 2 is 1.94 bits per heavy atom. The van der Waals surface area contributed by atoms with Crippen molar-refractivity contribution in [3.8, 4) is 0 Å². The fourth-order valence-electron chi connectivity index (χ4n) is 1.29.